The maximum absolute atomic E-state index is 13.6. The summed E-state index contributed by atoms with van der Waals surface area (Å²) in [5, 5.41) is 11.9. The van der Waals surface area contributed by atoms with E-state index < -0.39 is 0 Å². The van der Waals surface area contributed by atoms with Gasteiger partial charge < -0.3 is 5.32 Å². The van der Waals surface area contributed by atoms with Gasteiger partial charge in [-0.05, 0) is 41.7 Å². The number of thioether (sulfide) groups is 1. The topological polar surface area (TPSA) is 59.3 Å². The first kappa shape index (κ1) is 20.2. The number of hydrogen-bond acceptors (Lipinski definition) is 4. The lowest BCUT2D eigenvalue weighted by atomic mass is 9.90. The average molecular weight is 417 g/mol. The van der Waals surface area contributed by atoms with Gasteiger partial charge in [0.15, 0.2) is 11.5 Å². The van der Waals surface area contributed by atoms with Gasteiger partial charge in [0.2, 0.25) is 5.91 Å². The molecule has 0 aliphatic heterocycles. The van der Waals surface area contributed by atoms with Gasteiger partial charge in [-0.15, -0.1) is 10.2 Å². The second-order valence-electron chi connectivity index (χ2n) is 7.08. The molecule has 0 unspecified atom stereocenters. The highest BCUT2D eigenvalue weighted by Gasteiger charge is 2.27. The summed E-state index contributed by atoms with van der Waals surface area (Å²) in [4.78, 5) is 13.6. The number of benzene rings is 2. The van der Waals surface area contributed by atoms with E-state index in [1.807, 2.05) is 89.5 Å². The molecular weight excluding hydrogens is 392 g/mol. The normalized spacial score (nSPS) is 12.2. The van der Waals surface area contributed by atoms with Crippen LogP contribution in [0.25, 0.3) is 5.65 Å². The van der Waals surface area contributed by atoms with Crippen molar-refractivity contribution >= 4 is 23.3 Å². The minimum Gasteiger partial charge on any atom is -0.345 e. The fourth-order valence-corrected chi connectivity index (χ4v) is 4.11. The molecule has 0 radical (unpaired) electrons. The number of hydrogen-bond donors (Lipinski definition) is 1. The molecule has 2 aromatic heterocycles. The predicted octanol–water partition coefficient (Wildman–Crippen LogP) is 4.47. The average Bonchev–Trinajstić information content (AvgIpc) is 3.22. The first-order valence-electron chi connectivity index (χ1n) is 9.97. The highest BCUT2D eigenvalue weighted by molar-refractivity contribution is 7.98. The molecule has 152 valence electrons. The Morgan fingerprint density at radius 2 is 1.57 bits per heavy atom. The molecule has 0 saturated carbocycles. The lowest BCUT2D eigenvalue weighted by Crippen LogP contribution is -2.34. The molecule has 30 heavy (non-hydrogen) atoms. The van der Waals surface area contributed by atoms with Crippen LogP contribution in [0.2, 0.25) is 0 Å². The quantitative estimate of drug-likeness (QED) is 0.460. The van der Waals surface area contributed by atoms with E-state index in [0.717, 1.165) is 34.8 Å². The summed E-state index contributed by atoms with van der Waals surface area (Å²) in [7, 11) is 0. The molecule has 4 aromatic rings. The summed E-state index contributed by atoms with van der Waals surface area (Å²) in [5.41, 5.74) is 2.71. The maximum atomic E-state index is 13.6. The van der Waals surface area contributed by atoms with Crippen molar-refractivity contribution in [1.82, 2.24) is 19.9 Å². The van der Waals surface area contributed by atoms with Crippen LogP contribution >= 0.6 is 11.8 Å². The lowest BCUT2D eigenvalue weighted by Gasteiger charge is -2.22. The lowest BCUT2D eigenvalue weighted by molar-refractivity contribution is -0.122. The van der Waals surface area contributed by atoms with Crippen LogP contribution in [0.1, 0.15) is 35.3 Å². The summed E-state index contributed by atoms with van der Waals surface area (Å²) >= 11 is 1.75. The molecule has 1 amide bonds. The Bertz CT molecular complexity index is 1060. The van der Waals surface area contributed by atoms with Crippen LogP contribution in [0.5, 0.6) is 0 Å². The van der Waals surface area contributed by atoms with Crippen molar-refractivity contribution in [2.45, 2.75) is 18.4 Å². The molecular formula is C24H24N4OS. The summed E-state index contributed by atoms with van der Waals surface area (Å²) < 4.78 is 1.95. The van der Waals surface area contributed by atoms with Gasteiger partial charge >= 0.3 is 0 Å². The van der Waals surface area contributed by atoms with Gasteiger partial charge in [-0.1, -0.05) is 66.7 Å². The number of aromatic nitrogens is 3. The first-order valence-corrected chi connectivity index (χ1v) is 11.4. The predicted molar refractivity (Wildman–Crippen MR) is 122 cm³/mol. The number of rotatable bonds is 8. The van der Waals surface area contributed by atoms with Gasteiger partial charge in [0.25, 0.3) is 0 Å². The fourth-order valence-electron chi connectivity index (χ4n) is 3.64. The van der Waals surface area contributed by atoms with Crippen LogP contribution in [-0.4, -0.2) is 32.5 Å². The fraction of sp³-hybridized carbons (Fsp3) is 0.208. The van der Waals surface area contributed by atoms with Crippen LogP contribution in [0.3, 0.4) is 0 Å². The van der Waals surface area contributed by atoms with Gasteiger partial charge in [0.1, 0.15) is 0 Å². The number of nitrogens with zero attached hydrogens (tertiary/aromatic N) is 3. The molecule has 2 aromatic carbocycles. The van der Waals surface area contributed by atoms with E-state index in [9.17, 15) is 4.79 Å². The van der Waals surface area contributed by atoms with E-state index >= 15 is 0 Å². The van der Waals surface area contributed by atoms with E-state index in [2.05, 4.69) is 21.8 Å². The molecule has 1 atom stereocenters. The second kappa shape index (κ2) is 9.59. The summed E-state index contributed by atoms with van der Waals surface area (Å²) in [6, 6.07) is 25.4. The Hall–Kier alpha value is -3.12. The van der Waals surface area contributed by atoms with Gasteiger partial charge in [-0.25, -0.2) is 0 Å². The largest absolute Gasteiger partial charge is 0.345 e. The van der Waals surface area contributed by atoms with E-state index in [-0.39, 0.29) is 17.9 Å². The summed E-state index contributed by atoms with van der Waals surface area (Å²) in [6.45, 7) is 0. The monoisotopic (exact) mass is 416 g/mol. The van der Waals surface area contributed by atoms with Crippen molar-refractivity contribution in [3.05, 3.63) is 102 Å². The van der Waals surface area contributed by atoms with Gasteiger partial charge in [0.05, 0.1) is 12.0 Å². The van der Waals surface area contributed by atoms with Crippen LogP contribution in [-0.2, 0) is 4.79 Å². The van der Waals surface area contributed by atoms with Crippen molar-refractivity contribution in [1.29, 1.82) is 0 Å². The molecule has 5 nitrogen and oxygen atoms in total. The van der Waals surface area contributed by atoms with Crippen LogP contribution in [0.4, 0.5) is 0 Å². The smallest absolute Gasteiger partial charge is 0.232 e. The van der Waals surface area contributed by atoms with Crippen molar-refractivity contribution in [3.8, 4) is 0 Å². The SMILES string of the molecule is CSCC[C@H](NC(=O)C(c1ccccc1)c1ccccc1)c1nnc2ccccn12. The molecule has 0 bridgehead atoms. The van der Waals surface area contributed by atoms with Crippen LogP contribution in [0.15, 0.2) is 85.1 Å². The van der Waals surface area contributed by atoms with Crippen LogP contribution < -0.4 is 5.32 Å². The summed E-state index contributed by atoms with van der Waals surface area (Å²) in [5.74, 6) is 1.25. The molecule has 1 N–H and O–H groups in total. The number of carbonyl (C=O) groups is 1. The van der Waals surface area contributed by atoms with Gasteiger partial charge in [0, 0.05) is 6.20 Å². The minimum absolute atomic E-state index is 0.0359. The Morgan fingerprint density at radius 3 is 2.20 bits per heavy atom. The molecule has 0 fully saturated rings. The van der Waals surface area contributed by atoms with E-state index in [1.54, 1.807) is 11.8 Å². The number of carbonyl (C=O) groups excluding carboxylic acids is 1. The molecule has 0 aliphatic rings. The minimum atomic E-state index is -0.386. The third kappa shape index (κ3) is 4.39. The molecule has 2 heterocycles. The molecule has 6 heteroatoms. The third-order valence-electron chi connectivity index (χ3n) is 5.11. The second-order valence-corrected chi connectivity index (χ2v) is 8.07. The third-order valence-corrected chi connectivity index (χ3v) is 5.75. The van der Waals surface area contributed by atoms with Crippen molar-refractivity contribution in [2.24, 2.45) is 0 Å². The maximum Gasteiger partial charge on any atom is 0.232 e. The standard InChI is InChI=1S/C24H24N4OS/c1-30-17-15-20(23-27-26-21-14-8-9-16-28(21)23)25-24(29)22(18-10-4-2-5-11-18)19-12-6-3-7-13-19/h2-14,16,20,22H,15,17H2,1H3,(H,25,29)/t20-/m0/s1. The van der Waals surface area contributed by atoms with E-state index in [0.29, 0.717) is 0 Å². The zero-order valence-electron chi connectivity index (χ0n) is 16.8. The van der Waals surface area contributed by atoms with Crippen molar-refractivity contribution in [3.63, 3.8) is 0 Å². The Balaban J connectivity index is 1.67. The Morgan fingerprint density at radius 1 is 0.933 bits per heavy atom. The Kier molecular flexibility index (Phi) is 6.44. The van der Waals surface area contributed by atoms with Gasteiger partial charge in [-0.3, -0.25) is 9.20 Å². The highest BCUT2D eigenvalue weighted by atomic mass is 32.2. The van der Waals surface area contributed by atoms with E-state index in [1.165, 1.54) is 0 Å². The first-order chi connectivity index (χ1) is 14.8. The highest BCUT2D eigenvalue weighted by Crippen LogP contribution is 2.27. The van der Waals surface area contributed by atoms with Crippen LogP contribution in [0, 0.1) is 0 Å². The molecule has 4 rings (SSSR count). The molecule has 0 saturated heterocycles. The Labute approximate surface area is 180 Å². The number of nitrogens with one attached hydrogen (secondary N) is 1. The zero-order chi connectivity index (χ0) is 20.8. The number of amides is 1. The van der Waals surface area contributed by atoms with Crippen molar-refractivity contribution < 1.29 is 4.79 Å². The number of fused-ring (bicyclic) bond motifs is 1. The van der Waals surface area contributed by atoms with Crippen molar-refractivity contribution in [2.75, 3.05) is 12.0 Å². The molecule has 0 aliphatic carbocycles. The van der Waals surface area contributed by atoms with Gasteiger partial charge in [-0.2, -0.15) is 11.8 Å². The van der Waals surface area contributed by atoms with E-state index in [4.69, 9.17) is 0 Å². The zero-order valence-corrected chi connectivity index (χ0v) is 17.6. The summed E-state index contributed by atoms with van der Waals surface area (Å²) in [6.07, 6.45) is 4.78. The molecule has 0 spiro atoms. The number of pyridine rings is 1.